The SMILES string of the molecule is CCCc1ccc(/C=C(\C)c2ccc(C(F)(F)F)cc2)cc1. The largest absolute Gasteiger partial charge is 0.416 e. The van der Waals surface area contributed by atoms with Crippen LogP contribution >= 0.6 is 0 Å². The van der Waals surface area contributed by atoms with Gasteiger partial charge in [0.1, 0.15) is 0 Å². The van der Waals surface area contributed by atoms with Crippen molar-refractivity contribution in [3.63, 3.8) is 0 Å². The lowest BCUT2D eigenvalue weighted by molar-refractivity contribution is -0.137. The average Bonchev–Trinajstić information content (AvgIpc) is 2.49. The first-order chi connectivity index (χ1) is 10.4. The maximum Gasteiger partial charge on any atom is 0.416 e. The Balaban J connectivity index is 2.17. The first-order valence-corrected chi connectivity index (χ1v) is 7.35. The molecule has 0 spiro atoms. The highest BCUT2D eigenvalue weighted by molar-refractivity contribution is 5.80. The smallest absolute Gasteiger partial charge is 0.166 e. The number of allylic oxidation sites excluding steroid dienone is 1. The maximum absolute atomic E-state index is 12.6. The third kappa shape index (κ3) is 4.23. The molecule has 0 saturated carbocycles. The zero-order chi connectivity index (χ0) is 16.2. The number of halogens is 3. The van der Waals surface area contributed by atoms with E-state index in [1.54, 1.807) is 0 Å². The Hall–Kier alpha value is -2.03. The van der Waals surface area contributed by atoms with Gasteiger partial charge in [-0.15, -0.1) is 0 Å². The molecule has 0 aromatic heterocycles. The maximum atomic E-state index is 12.6. The van der Waals surface area contributed by atoms with Crippen molar-refractivity contribution in [1.29, 1.82) is 0 Å². The van der Waals surface area contributed by atoms with Crippen LogP contribution in [0.3, 0.4) is 0 Å². The second-order valence-corrected chi connectivity index (χ2v) is 5.39. The number of rotatable bonds is 4. The molecule has 22 heavy (non-hydrogen) atoms. The van der Waals surface area contributed by atoms with E-state index in [4.69, 9.17) is 0 Å². The molecule has 0 N–H and O–H groups in total. The first-order valence-electron chi connectivity index (χ1n) is 7.35. The number of alkyl halides is 3. The molecule has 2 aromatic rings. The number of hydrogen-bond donors (Lipinski definition) is 0. The van der Waals surface area contributed by atoms with Crippen LogP contribution < -0.4 is 0 Å². The molecular formula is C19H19F3. The van der Waals surface area contributed by atoms with Gasteiger partial charge in [0.15, 0.2) is 0 Å². The minimum Gasteiger partial charge on any atom is -0.166 e. The molecule has 0 atom stereocenters. The van der Waals surface area contributed by atoms with E-state index >= 15 is 0 Å². The lowest BCUT2D eigenvalue weighted by Crippen LogP contribution is -2.04. The molecule has 0 fully saturated rings. The van der Waals surface area contributed by atoms with Gasteiger partial charge in [-0.2, -0.15) is 13.2 Å². The van der Waals surface area contributed by atoms with E-state index in [0.717, 1.165) is 41.7 Å². The third-order valence-corrected chi connectivity index (χ3v) is 3.57. The van der Waals surface area contributed by atoms with E-state index in [0.29, 0.717) is 0 Å². The van der Waals surface area contributed by atoms with Gasteiger partial charge in [0.25, 0.3) is 0 Å². The highest BCUT2D eigenvalue weighted by Gasteiger charge is 2.29. The van der Waals surface area contributed by atoms with Crippen LogP contribution in [-0.4, -0.2) is 0 Å². The molecule has 0 radical (unpaired) electrons. The van der Waals surface area contributed by atoms with Crippen molar-refractivity contribution < 1.29 is 13.2 Å². The molecule has 0 bridgehead atoms. The van der Waals surface area contributed by atoms with Crippen LogP contribution in [0.15, 0.2) is 48.5 Å². The standard InChI is InChI=1S/C19H19F3/c1-3-4-15-5-7-16(8-6-15)13-14(2)17-9-11-18(12-10-17)19(20,21)22/h5-13H,3-4H2,1-2H3/b14-13+. The van der Waals surface area contributed by atoms with E-state index in [9.17, 15) is 13.2 Å². The second-order valence-electron chi connectivity index (χ2n) is 5.39. The molecule has 0 aliphatic carbocycles. The minimum absolute atomic E-state index is 0.618. The Kier molecular flexibility index (Phi) is 5.07. The predicted molar refractivity (Wildman–Crippen MR) is 85.4 cm³/mol. The van der Waals surface area contributed by atoms with Crippen LogP contribution in [0.1, 0.15) is 42.5 Å². The van der Waals surface area contributed by atoms with Gasteiger partial charge < -0.3 is 0 Å². The van der Waals surface area contributed by atoms with Gasteiger partial charge in [-0.1, -0.05) is 55.8 Å². The fourth-order valence-corrected chi connectivity index (χ4v) is 2.32. The lowest BCUT2D eigenvalue weighted by atomic mass is 10.0. The summed E-state index contributed by atoms with van der Waals surface area (Å²) in [5.41, 5.74) is 3.47. The molecule has 2 rings (SSSR count). The van der Waals surface area contributed by atoms with Gasteiger partial charge in [0.05, 0.1) is 5.56 Å². The topological polar surface area (TPSA) is 0 Å². The molecule has 3 heteroatoms. The zero-order valence-corrected chi connectivity index (χ0v) is 12.7. The predicted octanol–water partition coefficient (Wildman–Crippen LogP) is 6.22. The van der Waals surface area contributed by atoms with Crippen molar-refractivity contribution in [3.05, 3.63) is 70.8 Å². The lowest BCUT2D eigenvalue weighted by Gasteiger charge is -2.08. The Morgan fingerprint density at radius 3 is 2.05 bits per heavy atom. The van der Waals surface area contributed by atoms with E-state index in [-0.39, 0.29) is 0 Å². The summed E-state index contributed by atoms with van der Waals surface area (Å²) < 4.78 is 37.7. The molecule has 0 amide bonds. The summed E-state index contributed by atoms with van der Waals surface area (Å²) in [4.78, 5) is 0. The molecule has 0 nitrogen and oxygen atoms in total. The molecule has 0 heterocycles. The summed E-state index contributed by atoms with van der Waals surface area (Å²) in [6, 6.07) is 13.5. The van der Waals surface area contributed by atoms with Crippen molar-refractivity contribution in [3.8, 4) is 0 Å². The van der Waals surface area contributed by atoms with Crippen molar-refractivity contribution in [2.24, 2.45) is 0 Å². The fourth-order valence-electron chi connectivity index (χ4n) is 2.32. The van der Waals surface area contributed by atoms with Gasteiger partial charge in [-0.25, -0.2) is 0 Å². The quantitative estimate of drug-likeness (QED) is 0.588. The summed E-state index contributed by atoms with van der Waals surface area (Å²) in [6.45, 7) is 4.05. The summed E-state index contributed by atoms with van der Waals surface area (Å²) >= 11 is 0. The van der Waals surface area contributed by atoms with E-state index in [1.807, 2.05) is 25.1 Å². The van der Waals surface area contributed by atoms with Crippen LogP contribution in [0.2, 0.25) is 0 Å². The molecule has 0 unspecified atom stereocenters. The van der Waals surface area contributed by atoms with Crippen LogP contribution in [0.4, 0.5) is 13.2 Å². The van der Waals surface area contributed by atoms with Crippen molar-refractivity contribution in [2.45, 2.75) is 32.9 Å². The van der Waals surface area contributed by atoms with Gasteiger partial charge in [-0.3, -0.25) is 0 Å². The number of benzene rings is 2. The summed E-state index contributed by atoms with van der Waals surface area (Å²) in [6.07, 6.45) is -0.134. The van der Waals surface area contributed by atoms with E-state index < -0.39 is 11.7 Å². The highest BCUT2D eigenvalue weighted by Crippen LogP contribution is 2.30. The van der Waals surface area contributed by atoms with Gasteiger partial charge in [0, 0.05) is 0 Å². The normalized spacial score (nSPS) is 12.5. The molecule has 0 aliphatic rings. The summed E-state index contributed by atoms with van der Waals surface area (Å²) in [7, 11) is 0. The number of aryl methyl sites for hydroxylation is 1. The Labute approximate surface area is 129 Å². The zero-order valence-electron chi connectivity index (χ0n) is 12.7. The van der Waals surface area contributed by atoms with Crippen LogP contribution in [-0.2, 0) is 12.6 Å². The summed E-state index contributed by atoms with van der Waals surface area (Å²) in [5.74, 6) is 0. The van der Waals surface area contributed by atoms with Crippen molar-refractivity contribution in [2.75, 3.05) is 0 Å². The van der Waals surface area contributed by atoms with Crippen molar-refractivity contribution in [1.82, 2.24) is 0 Å². The molecule has 116 valence electrons. The van der Waals surface area contributed by atoms with E-state index in [2.05, 4.69) is 19.1 Å². The van der Waals surface area contributed by atoms with E-state index in [1.165, 1.54) is 17.7 Å². The molecule has 2 aromatic carbocycles. The molecule has 0 saturated heterocycles. The Morgan fingerprint density at radius 2 is 1.55 bits per heavy atom. The van der Waals surface area contributed by atoms with Gasteiger partial charge in [-0.05, 0) is 47.7 Å². The highest BCUT2D eigenvalue weighted by atomic mass is 19.4. The van der Waals surface area contributed by atoms with Crippen LogP contribution in [0.5, 0.6) is 0 Å². The number of hydrogen-bond acceptors (Lipinski definition) is 0. The Bertz CT molecular complexity index is 632. The van der Waals surface area contributed by atoms with Gasteiger partial charge >= 0.3 is 6.18 Å². The summed E-state index contributed by atoms with van der Waals surface area (Å²) in [5, 5.41) is 0. The fraction of sp³-hybridized carbons (Fsp3) is 0.263. The monoisotopic (exact) mass is 304 g/mol. The second kappa shape index (κ2) is 6.82. The third-order valence-electron chi connectivity index (χ3n) is 3.57. The average molecular weight is 304 g/mol. The van der Waals surface area contributed by atoms with Crippen LogP contribution in [0, 0.1) is 0 Å². The van der Waals surface area contributed by atoms with Crippen molar-refractivity contribution >= 4 is 11.6 Å². The van der Waals surface area contributed by atoms with Gasteiger partial charge in [0.2, 0.25) is 0 Å². The molecular weight excluding hydrogens is 285 g/mol. The first kappa shape index (κ1) is 16.3. The van der Waals surface area contributed by atoms with Crippen LogP contribution in [0.25, 0.3) is 11.6 Å². The minimum atomic E-state index is -4.29. The molecule has 0 aliphatic heterocycles. The Morgan fingerprint density at radius 1 is 0.955 bits per heavy atom.